The molecule has 1 aromatic heterocycles. The van der Waals surface area contributed by atoms with Gasteiger partial charge in [-0.25, -0.2) is 14.2 Å². The summed E-state index contributed by atoms with van der Waals surface area (Å²) in [6, 6.07) is 10.5. The van der Waals surface area contributed by atoms with E-state index in [1.807, 2.05) is 5.38 Å². The Labute approximate surface area is 218 Å². The van der Waals surface area contributed by atoms with E-state index in [1.165, 1.54) is 23.5 Å². The standard InChI is InChI=1S/C27H29FN4O4S/c1-27(2,3)36-26(35)31-22-12-7-17-13-18(8-11-21(17)30-23(22)33)25(34)32(4)14-20-15-37-24(29-20)16-5-9-19(28)10-6-16/h5-6,8-11,13,15,22H,7,12,14H2,1-4H3,(H,30,33)(H,31,35). The second-order valence-corrected chi connectivity index (χ2v) is 10.8. The lowest BCUT2D eigenvalue weighted by molar-refractivity contribution is -0.118. The second kappa shape index (κ2) is 10.7. The number of benzene rings is 2. The van der Waals surface area contributed by atoms with Gasteiger partial charge in [-0.15, -0.1) is 11.3 Å². The fourth-order valence-electron chi connectivity index (χ4n) is 3.93. The molecule has 2 aromatic carbocycles. The number of carbonyl (C=O) groups is 3. The van der Waals surface area contributed by atoms with Crippen LogP contribution in [0, 0.1) is 5.82 Å². The van der Waals surface area contributed by atoms with Gasteiger partial charge in [0.2, 0.25) is 5.91 Å². The van der Waals surface area contributed by atoms with Crippen molar-refractivity contribution in [2.75, 3.05) is 12.4 Å². The van der Waals surface area contributed by atoms with Crippen molar-refractivity contribution in [3.63, 3.8) is 0 Å². The van der Waals surface area contributed by atoms with Gasteiger partial charge in [0.1, 0.15) is 22.5 Å². The van der Waals surface area contributed by atoms with Crippen LogP contribution in [-0.4, -0.2) is 46.5 Å². The van der Waals surface area contributed by atoms with Crippen molar-refractivity contribution in [3.8, 4) is 10.6 Å². The first-order chi connectivity index (χ1) is 17.5. The van der Waals surface area contributed by atoms with Gasteiger partial charge < -0.3 is 20.3 Å². The van der Waals surface area contributed by atoms with Crippen LogP contribution in [0.2, 0.25) is 0 Å². The van der Waals surface area contributed by atoms with Crippen molar-refractivity contribution >= 4 is 34.9 Å². The van der Waals surface area contributed by atoms with Crippen LogP contribution < -0.4 is 10.6 Å². The Balaban J connectivity index is 1.40. The number of hydrogen-bond acceptors (Lipinski definition) is 6. The molecule has 3 aromatic rings. The number of rotatable bonds is 5. The number of carbonyl (C=O) groups excluding carboxylic acids is 3. The molecule has 3 amide bonds. The number of halogens is 1. The van der Waals surface area contributed by atoms with Crippen LogP contribution in [0.25, 0.3) is 10.6 Å². The number of aromatic nitrogens is 1. The van der Waals surface area contributed by atoms with Crippen LogP contribution in [0.3, 0.4) is 0 Å². The third-order valence-corrected chi connectivity index (χ3v) is 6.65. The zero-order chi connectivity index (χ0) is 26.7. The normalized spacial score (nSPS) is 15.3. The minimum absolute atomic E-state index is 0.182. The summed E-state index contributed by atoms with van der Waals surface area (Å²) in [5, 5.41) is 8.10. The molecule has 0 fully saturated rings. The smallest absolute Gasteiger partial charge is 0.408 e. The molecule has 37 heavy (non-hydrogen) atoms. The molecular weight excluding hydrogens is 495 g/mol. The molecule has 1 aliphatic heterocycles. The number of amides is 3. The highest BCUT2D eigenvalue weighted by Crippen LogP contribution is 2.26. The first kappa shape index (κ1) is 26.3. The van der Waals surface area contributed by atoms with Crippen molar-refractivity contribution in [3.05, 3.63) is 70.5 Å². The van der Waals surface area contributed by atoms with Gasteiger partial charge in [-0.3, -0.25) is 9.59 Å². The van der Waals surface area contributed by atoms with E-state index < -0.39 is 17.7 Å². The summed E-state index contributed by atoms with van der Waals surface area (Å²) in [6.07, 6.45) is 0.212. The van der Waals surface area contributed by atoms with Crippen LogP contribution >= 0.6 is 11.3 Å². The zero-order valence-corrected chi connectivity index (χ0v) is 21.9. The minimum Gasteiger partial charge on any atom is -0.444 e. The van der Waals surface area contributed by atoms with Gasteiger partial charge in [-0.05, 0) is 81.6 Å². The van der Waals surface area contributed by atoms with Crippen LogP contribution in [0.4, 0.5) is 14.9 Å². The molecule has 1 aliphatic rings. The second-order valence-electron chi connectivity index (χ2n) is 9.91. The molecule has 0 aliphatic carbocycles. The Kier molecular flexibility index (Phi) is 7.58. The molecule has 2 heterocycles. The van der Waals surface area contributed by atoms with Crippen LogP contribution in [0.15, 0.2) is 47.8 Å². The number of hydrogen-bond donors (Lipinski definition) is 2. The van der Waals surface area contributed by atoms with Gasteiger partial charge in [0.25, 0.3) is 5.91 Å². The minimum atomic E-state index is -0.746. The van der Waals surface area contributed by atoms with E-state index >= 15 is 0 Å². The highest BCUT2D eigenvalue weighted by molar-refractivity contribution is 7.13. The van der Waals surface area contributed by atoms with E-state index in [9.17, 15) is 18.8 Å². The summed E-state index contributed by atoms with van der Waals surface area (Å²) in [5.74, 6) is -0.819. The summed E-state index contributed by atoms with van der Waals surface area (Å²) in [4.78, 5) is 44.1. The van der Waals surface area contributed by atoms with Crippen LogP contribution in [0.5, 0.6) is 0 Å². The number of aryl methyl sites for hydroxylation is 1. The number of nitrogens with zero attached hydrogens (tertiary/aromatic N) is 2. The predicted octanol–water partition coefficient (Wildman–Crippen LogP) is 5.00. The highest BCUT2D eigenvalue weighted by Gasteiger charge is 2.28. The van der Waals surface area contributed by atoms with Crippen LogP contribution in [-0.2, 0) is 22.5 Å². The Morgan fingerprint density at radius 2 is 1.95 bits per heavy atom. The number of anilines is 1. The predicted molar refractivity (Wildman–Crippen MR) is 140 cm³/mol. The Bertz CT molecular complexity index is 1320. The number of nitrogens with one attached hydrogen (secondary N) is 2. The maximum atomic E-state index is 13.2. The molecule has 1 atom stereocenters. The quantitative estimate of drug-likeness (QED) is 0.489. The van der Waals surface area contributed by atoms with Crippen molar-refractivity contribution < 1.29 is 23.5 Å². The summed E-state index contributed by atoms with van der Waals surface area (Å²) < 4.78 is 18.5. The van der Waals surface area contributed by atoms with Gasteiger partial charge in [0.15, 0.2) is 0 Å². The van der Waals surface area contributed by atoms with Crippen molar-refractivity contribution in [1.29, 1.82) is 0 Å². The first-order valence-corrected chi connectivity index (χ1v) is 12.8. The van der Waals surface area contributed by atoms with Gasteiger partial charge in [0.05, 0.1) is 12.2 Å². The van der Waals surface area contributed by atoms with Crippen LogP contribution in [0.1, 0.15) is 48.8 Å². The van der Waals surface area contributed by atoms with Crippen molar-refractivity contribution in [1.82, 2.24) is 15.2 Å². The molecule has 1 unspecified atom stereocenters. The van der Waals surface area contributed by atoms with Crippen molar-refractivity contribution in [2.24, 2.45) is 0 Å². The molecule has 0 radical (unpaired) electrons. The first-order valence-electron chi connectivity index (χ1n) is 11.9. The lowest BCUT2D eigenvalue weighted by Gasteiger charge is -2.22. The average Bonchev–Trinajstić information content (AvgIpc) is 3.23. The molecule has 10 heteroatoms. The number of fused-ring (bicyclic) bond motifs is 1. The van der Waals surface area contributed by atoms with Gasteiger partial charge in [-0.2, -0.15) is 0 Å². The fraction of sp³-hybridized carbons (Fsp3) is 0.333. The van der Waals surface area contributed by atoms with E-state index in [-0.39, 0.29) is 17.6 Å². The Morgan fingerprint density at radius 1 is 1.22 bits per heavy atom. The van der Waals surface area contributed by atoms with E-state index in [0.29, 0.717) is 30.6 Å². The van der Waals surface area contributed by atoms with E-state index in [2.05, 4.69) is 15.6 Å². The molecule has 2 N–H and O–H groups in total. The topological polar surface area (TPSA) is 101 Å². The summed E-state index contributed by atoms with van der Waals surface area (Å²) in [7, 11) is 1.70. The molecular formula is C27H29FN4O4S. The summed E-state index contributed by atoms with van der Waals surface area (Å²) in [5.41, 5.74) is 2.80. The molecule has 0 saturated heterocycles. The van der Waals surface area contributed by atoms with E-state index in [0.717, 1.165) is 21.8 Å². The Hall–Kier alpha value is -3.79. The highest BCUT2D eigenvalue weighted by atomic mass is 32.1. The molecule has 0 bridgehead atoms. The monoisotopic (exact) mass is 524 g/mol. The third kappa shape index (κ3) is 6.71. The summed E-state index contributed by atoms with van der Waals surface area (Å²) >= 11 is 1.44. The molecule has 194 valence electrons. The fourth-order valence-corrected chi connectivity index (χ4v) is 4.75. The van der Waals surface area contributed by atoms with E-state index in [1.54, 1.807) is 63.1 Å². The number of thiazole rings is 1. The third-order valence-electron chi connectivity index (χ3n) is 5.71. The summed E-state index contributed by atoms with van der Waals surface area (Å²) in [6.45, 7) is 5.57. The molecule has 8 nitrogen and oxygen atoms in total. The Morgan fingerprint density at radius 3 is 2.65 bits per heavy atom. The molecule has 0 saturated carbocycles. The lowest BCUT2D eigenvalue weighted by atomic mass is 10.0. The van der Waals surface area contributed by atoms with Crippen molar-refractivity contribution in [2.45, 2.75) is 51.8 Å². The maximum Gasteiger partial charge on any atom is 0.408 e. The van der Waals surface area contributed by atoms with Gasteiger partial charge in [0, 0.05) is 29.2 Å². The molecule has 4 rings (SSSR count). The largest absolute Gasteiger partial charge is 0.444 e. The number of alkyl carbamates (subject to hydrolysis) is 1. The van der Waals surface area contributed by atoms with Gasteiger partial charge in [-0.1, -0.05) is 0 Å². The maximum absolute atomic E-state index is 13.2. The SMILES string of the molecule is CN(Cc1csc(-c2ccc(F)cc2)n1)C(=O)c1ccc2c(c1)CCC(NC(=O)OC(C)(C)C)C(=O)N2. The van der Waals surface area contributed by atoms with Gasteiger partial charge >= 0.3 is 6.09 Å². The number of ether oxygens (including phenoxy) is 1. The molecule has 0 spiro atoms. The average molecular weight is 525 g/mol. The van der Waals surface area contributed by atoms with E-state index in [4.69, 9.17) is 4.74 Å². The zero-order valence-electron chi connectivity index (χ0n) is 21.1. The lowest BCUT2D eigenvalue weighted by Crippen LogP contribution is -2.45.